The third-order valence-corrected chi connectivity index (χ3v) is 3.85. The number of rotatable bonds is 3. The summed E-state index contributed by atoms with van der Waals surface area (Å²) in [6, 6.07) is 0.828. The highest BCUT2D eigenvalue weighted by atomic mass is 15.3. The van der Waals surface area contributed by atoms with E-state index in [1.54, 1.807) is 0 Å². The molecule has 2 aliphatic rings. The van der Waals surface area contributed by atoms with Gasteiger partial charge in [-0.15, -0.1) is 0 Å². The molecule has 0 aromatic heterocycles. The summed E-state index contributed by atoms with van der Waals surface area (Å²) in [4.78, 5) is 5.25. The number of hydrogen-bond donors (Lipinski definition) is 1. The van der Waals surface area contributed by atoms with Crippen LogP contribution in [0.25, 0.3) is 0 Å². The Morgan fingerprint density at radius 1 is 1.00 bits per heavy atom. The van der Waals surface area contributed by atoms with Gasteiger partial charge in [0.15, 0.2) is 0 Å². The molecule has 2 heterocycles. The molecule has 3 nitrogen and oxygen atoms in total. The second-order valence-corrected chi connectivity index (χ2v) is 4.98. The third-order valence-electron chi connectivity index (χ3n) is 3.85. The second kappa shape index (κ2) is 5.83. The van der Waals surface area contributed by atoms with Crippen molar-refractivity contribution in [3.05, 3.63) is 0 Å². The summed E-state index contributed by atoms with van der Waals surface area (Å²) < 4.78 is 0. The van der Waals surface area contributed by atoms with Crippen molar-refractivity contribution >= 4 is 0 Å². The second-order valence-electron chi connectivity index (χ2n) is 4.98. The van der Waals surface area contributed by atoms with Gasteiger partial charge in [-0.1, -0.05) is 12.8 Å². The lowest BCUT2D eigenvalue weighted by molar-refractivity contribution is 0.200. The average Bonchev–Trinajstić information content (AvgIpc) is 2.53. The van der Waals surface area contributed by atoms with Crippen LogP contribution in [0.2, 0.25) is 0 Å². The molecule has 3 heteroatoms. The monoisotopic (exact) mass is 211 g/mol. The lowest BCUT2D eigenvalue weighted by Gasteiger charge is -2.27. The molecule has 0 amide bonds. The van der Waals surface area contributed by atoms with Gasteiger partial charge >= 0.3 is 0 Å². The first-order chi connectivity index (χ1) is 7.40. The lowest BCUT2D eigenvalue weighted by Crippen LogP contribution is -2.38. The molecule has 0 radical (unpaired) electrons. The van der Waals surface area contributed by atoms with Crippen LogP contribution < -0.4 is 5.73 Å². The summed E-state index contributed by atoms with van der Waals surface area (Å²) in [6.07, 6.45) is 7.06. The largest absolute Gasteiger partial charge is 0.329 e. The number of likely N-dealkylation sites (tertiary alicyclic amines) is 2. The van der Waals surface area contributed by atoms with E-state index in [4.69, 9.17) is 5.73 Å². The van der Waals surface area contributed by atoms with Crippen molar-refractivity contribution in [2.45, 2.75) is 38.1 Å². The van der Waals surface area contributed by atoms with Crippen LogP contribution in [0, 0.1) is 0 Å². The maximum absolute atomic E-state index is 5.60. The Balaban J connectivity index is 1.78. The molecule has 0 saturated carbocycles. The van der Waals surface area contributed by atoms with E-state index in [0.29, 0.717) is 0 Å². The highest BCUT2D eigenvalue weighted by Crippen LogP contribution is 2.19. The van der Waals surface area contributed by atoms with E-state index in [1.165, 1.54) is 58.3 Å². The molecule has 88 valence electrons. The standard InChI is InChI=1S/C12H25N3/c13-6-10-14-9-5-12(11-14)15-7-3-1-2-4-8-15/h12H,1-11,13H2. The summed E-state index contributed by atoms with van der Waals surface area (Å²) in [6.45, 7) is 7.09. The number of nitrogens with two attached hydrogens (primary N) is 1. The quantitative estimate of drug-likeness (QED) is 0.752. The topological polar surface area (TPSA) is 32.5 Å². The first-order valence-corrected chi connectivity index (χ1v) is 6.56. The van der Waals surface area contributed by atoms with E-state index in [0.717, 1.165) is 19.1 Å². The average molecular weight is 211 g/mol. The van der Waals surface area contributed by atoms with E-state index in [9.17, 15) is 0 Å². The van der Waals surface area contributed by atoms with Gasteiger partial charge in [0, 0.05) is 25.7 Å². The molecule has 1 unspecified atom stereocenters. The van der Waals surface area contributed by atoms with Crippen LogP contribution in [-0.2, 0) is 0 Å². The molecule has 2 aliphatic heterocycles. The van der Waals surface area contributed by atoms with Crippen molar-refractivity contribution in [2.24, 2.45) is 5.73 Å². The van der Waals surface area contributed by atoms with Gasteiger partial charge in [0.2, 0.25) is 0 Å². The van der Waals surface area contributed by atoms with Crippen molar-refractivity contribution in [1.82, 2.24) is 9.80 Å². The predicted octanol–water partition coefficient (Wildman–Crippen LogP) is 0.895. The van der Waals surface area contributed by atoms with Gasteiger partial charge in [-0.25, -0.2) is 0 Å². The van der Waals surface area contributed by atoms with Gasteiger partial charge in [-0.3, -0.25) is 4.90 Å². The summed E-state index contributed by atoms with van der Waals surface area (Å²) >= 11 is 0. The fourth-order valence-corrected chi connectivity index (χ4v) is 2.96. The maximum Gasteiger partial charge on any atom is 0.0235 e. The molecule has 0 aromatic carbocycles. The van der Waals surface area contributed by atoms with Gasteiger partial charge in [0.25, 0.3) is 0 Å². The van der Waals surface area contributed by atoms with Gasteiger partial charge in [0.1, 0.15) is 0 Å². The minimum absolute atomic E-state index is 0.812. The zero-order valence-corrected chi connectivity index (χ0v) is 9.83. The van der Waals surface area contributed by atoms with Crippen molar-refractivity contribution in [3.63, 3.8) is 0 Å². The minimum atomic E-state index is 0.812. The zero-order chi connectivity index (χ0) is 10.5. The van der Waals surface area contributed by atoms with Gasteiger partial charge in [0.05, 0.1) is 0 Å². The predicted molar refractivity (Wildman–Crippen MR) is 63.9 cm³/mol. The molecule has 1 atom stereocenters. The smallest absolute Gasteiger partial charge is 0.0235 e. The molecule has 2 N–H and O–H groups in total. The Morgan fingerprint density at radius 3 is 2.40 bits per heavy atom. The third kappa shape index (κ3) is 3.16. The van der Waals surface area contributed by atoms with Gasteiger partial charge in [-0.05, 0) is 38.9 Å². The maximum atomic E-state index is 5.60. The molecule has 0 aliphatic carbocycles. The van der Waals surface area contributed by atoms with E-state index in [-0.39, 0.29) is 0 Å². The fraction of sp³-hybridized carbons (Fsp3) is 1.00. The van der Waals surface area contributed by atoms with E-state index >= 15 is 0 Å². The molecule has 2 fully saturated rings. The van der Waals surface area contributed by atoms with Crippen LogP contribution in [0.1, 0.15) is 32.1 Å². The van der Waals surface area contributed by atoms with Crippen molar-refractivity contribution < 1.29 is 0 Å². The van der Waals surface area contributed by atoms with Crippen molar-refractivity contribution in [2.75, 3.05) is 39.3 Å². The summed E-state index contributed by atoms with van der Waals surface area (Å²) in [5, 5.41) is 0. The van der Waals surface area contributed by atoms with Crippen LogP contribution in [0.15, 0.2) is 0 Å². The molecule has 15 heavy (non-hydrogen) atoms. The molecule has 2 saturated heterocycles. The van der Waals surface area contributed by atoms with Crippen LogP contribution in [0.5, 0.6) is 0 Å². The van der Waals surface area contributed by atoms with Crippen LogP contribution in [0.3, 0.4) is 0 Å². The minimum Gasteiger partial charge on any atom is -0.329 e. The van der Waals surface area contributed by atoms with E-state index in [1.807, 2.05) is 0 Å². The van der Waals surface area contributed by atoms with E-state index in [2.05, 4.69) is 9.80 Å². The number of nitrogens with zero attached hydrogens (tertiary/aromatic N) is 2. The summed E-state index contributed by atoms with van der Waals surface area (Å²) in [5.41, 5.74) is 5.60. The first-order valence-electron chi connectivity index (χ1n) is 6.56. The SMILES string of the molecule is NCCN1CCC(N2CCCCCC2)C1. The van der Waals surface area contributed by atoms with Crippen molar-refractivity contribution in [3.8, 4) is 0 Å². The van der Waals surface area contributed by atoms with Crippen LogP contribution in [0.4, 0.5) is 0 Å². The lowest BCUT2D eigenvalue weighted by atomic mass is 10.2. The molecule has 0 spiro atoms. The Bertz CT molecular complexity index is 176. The molecular weight excluding hydrogens is 186 g/mol. The normalized spacial score (nSPS) is 30.6. The van der Waals surface area contributed by atoms with Crippen LogP contribution in [-0.4, -0.2) is 55.1 Å². The van der Waals surface area contributed by atoms with Gasteiger partial charge in [-0.2, -0.15) is 0 Å². The van der Waals surface area contributed by atoms with E-state index < -0.39 is 0 Å². The Labute approximate surface area is 93.6 Å². The molecule has 0 bridgehead atoms. The Hall–Kier alpha value is -0.120. The highest BCUT2D eigenvalue weighted by molar-refractivity contribution is 4.84. The fourth-order valence-electron chi connectivity index (χ4n) is 2.96. The summed E-state index contributed by atoms with van der Waals surface area (Å²) in [7, 11) is 0. The number of hydrogen-bond acceptors (Lipinski definition) is 3. The first kappa shape index (κ1) is 11.4. The Kier molecular flexibility index (Phi) is 4.42. The van der Waals surface area contributed by atoms with Crippen molar-refractivity contribution in [1.29, 1.82) is 0 Å². The van der Waals surface area contributed by atoms with Gasteiger partial charge < -0.3 is 10.6 Å². The molecule has 2 rings (SSSR count). The summed E-state index contributed by atoms with van der Waals surface area (Å²) in [5.74, 6) is 0. The molecule has 0 aromatic rings. The zero-order valence-electron chi connectivity index (χ0n) is 9.83. The van der Waals surface area contributed by atoms with Crippen LogP contribution >= 0.6 is 0 Å². The highest BCUT2D eigenvalue weighted by Gasteiger charge is 2.27. The Morgan fingerprint density at radius 2 is 1.73 bits per heavy atom. The molecular formula is C12H25N3.